The summed E-state index contributed by atoms with van der Waals surface area (Å²) in [5.41, 5.74) is 0. The number of hydrogen-bond donors (Lipinski definition) is 0. The molecule has 68 valence electrons. The molecule has 14 N–H and O–H groups in total. The molecule has 9 heavy (non-hydrogen) atoms. The summed E-state index contributed by atoms with van der Waals surface area (Å²) in [6.07, 6.45) is 0. The van der Waals surface area contributed by atoms with Gasteiger partial charge < -0.3 is 38.3 Å². The molecule has 0 radical (unpaired) electrons. The molecule has 0 aliphatic carbocycles. The molecule has 0 aromatic carbocycles. The van der Waals surface area contributed by atoms with Gasteiger partial charge in [-0.3, -0.25) is 0 Å². The molecule has 0 saturated carbocycles. The van der Waals surface area contributed by atoms with Crippen molar-refractivity contribution in [2.24, 2.45) is 0 Å². The van der Waals surface area contributed by atoms with Crippen LogP contribution in [0.3, 0.4) is 0 Å². The van der Waals surface area contributed by atoms with E-state index in [2.05, 4.69) is 0 Å². The zero-order chi connectivity index (χ0) is 0. The molecule has 0 aromatic rings. The van der Waals surface area contributed by atoms with Gasteiger partial charge in [0.25, 0.3) is 0 Å². The molecule has 0 aromatic heterocycles. The summed E-state index contributed by atoms with van der Waals surface area (Å²) >= 11 is 0. The summed E-state index contributed by atoms with van der Waals surface area (Å²) in [7, 11) is 0. The van der Waals surface area contributed by atoms with Gasteiger partial charge in [-0.1, -0.05) is 0 Å². The first-order chi connectivity index (χ1) is 0. The Morgan fingerprint density at radius 3 is 0.333 bits per heavy atom. The van der Waals surface area contributed by atoms with E-state index in [-0.39, 0.29) is 92.5 Å². The molecule has 0 atom stereocenters. The fourth-order valence-corrected chi connectivity index (χ4v) is 0. The summed E-state index contributed by atoms with van der Waals surface area (Å²) in [6.45, 7) is 0. The molecule has 0 fully saturated rings. The second-order valence-electron chi connectivity index (χ2n) is 0. The van der Waals surface area contributed by atoms with Crippen molar-refractivity contribution < 1.29 is 80.1 Å². The van der Waals surface area contributed by atoms with E-state index in [9.17, 15) is 0 Å². The van der Waals surface area contributed by atoms with E-state index in [1.807, 2.05) is 0 Å². The monoisotopic (exact) mass is 302 g/mol. The molecule has 9 heteroatoms. The Morgan fingerprint density at radius 1 is 0.333 bits per heavy atom. The quantitative estimate of drug-likeness (QED) is 0.408. The standard InChI is InChI=1S/Ce.ClH.7H2O/h;1H;7*1H2. The van der Waals surface area contributed by atoms with Crippen LogP contribution < -0.4 is 0 Å². The van der Waals surface area contributed by atoms with Crippen LogP contribution in [-0.4, -0.2) is 38.3 Å². The number of halogens is 1. The van der Waals surface area contributed by atoms with Crippen molar-refractivity contribution in [2.45, 2.75) is 0 Å². The van der Waals surface area contributed by atoms with Crippen molar-refractivity contribution in [1.82, 2.24) is 0 Å². The topological polar surface area (TPSA) is 220 Å². The summed E-state index contributed by atoms with van der Waals surface area (Å²) in [5.74, 6) is 0. The van der Waals surface area contributed by atoms with Crippen LogP contribution >= 0.6 is 12.4 Å². The number of hydrogen-bond acceptors (Lipinski definition) is 0. The molecule has 7 nitrogen and oxygen atoms in total. The van der Waals surface area contributed by atoms with Gasteiger partial charge in [0, 0.05) is 41.7 Å². The molecule has 0 amide bonds. The van der Waals surface area contributed by atoms with Crippen molar-refractivity contribution in [3.05, 3.63) is 0 Å². The normalized spacial score (nSPS) is 0. The maximum Gasteiger partial charge on any atom is 0 e. The van der Waals surface area contributed by atoms with Crippen molar-refractivity contribution >= 4 is 12.4 Å². The second-order valence-corrected chi connectivity index (χ2v) is 0. The Morgan fingerprint density at radius 2 is 0.333 bits per heavy atom. The zero-order valence-corrected chi connectivity index (χ0v) is 8.36. The molecular weight excluding hydrogens is 288 g/mol. The third-order valence-electron chi connectivity index (χ3n) is 0. The van der Waals surface area contributed by atoms with Gasteiger partial charge in [0.05, 0.1) is 0 Å². The van der Waals surface area contributed by atoms with Crippen LogP contribution in [0.2, 0.25) is 0 Å². The summed E-state index contributed by atoms with van der Waals surface area (Å²) in [5, 5.41) is 0. The van der Waals surface area contributed by atoms with Crippen LogP contribution in [0.25, 0.3) is 0 Å². The van der Waals surface area contributed by atoms with Gasteiger partial charge in [-0.05, 0) is 0 Å². The van der Waals surface area contributed by atoms with Crippen LogP contribution in [0, 0.1) is 41.7 Å². The number of rotatable bonds is 0. The van der Waals surface area contributed by atoms with Crippen LogP contribution in [0.15, 0.2) is 0 Å². The molecular formula is H15CeClO7. The Balaban J connectivity index is 0. The van der Waals surface area contributed by atoms with Gasteiger partial charge in [-0.2, -0.15) is 0 Å². The van der Waals surface area contributed by atoms with Gasteiger partial charge in [0.2, 0.25) is 0 Å². The van der Waals surface area contributed by atoms with Crippen molar-refractivity contribution in [3.8, 4) is 0 Å². The van der Waals surface area contributed by atoms with Crippen LogP contribution in [-0.2, 0) is 0 Å². The Labute approximate surface area is 91.8 Å². The molecule has 0 spiro atoms. The average Bonchev–Trinajstić information content (AvgIpc) is 0. The van der Waals surface area contributed by atoms with Crippen molar-refractivity contribution in [3.63, 3.8) is 0 Å². The Hall–Kier alpha value is 1.39. The minimum Gasteiger partial charge on any atom is -0.412 e. The van der Waals surface area contributed by atoms with Crippen LogP contribution in [0.4, 0.5) is 0 Å². The Bertz CT molecular complexity index is 8.88. The predicted octanol–water partition coefficient (Wildman–Crippen LogP) is -5.35. The zero-order valence-electron chi connectivity index (χ0n) is 4.41. The molecule has 0 rings (SSSR count). The summed E-state index contributed by atoms with van der Waals surface area (Å²) < 4.78 is 0. The van der Waals surface area contributed by atoms with Crippen LogP contribution in [0.1, 0.15) is 0 Å². The van der Waals surface area contributed by atoms with Gasteiger partial charge >= 0.3 is 0 Å². The maximum atomic E-state index is 0. The smallest absolute Gasteiger partial charge is 0 e. The van der Waals surface area contributed by atoms with Crippen molar-refractivity contribution in [1.29, 1.82) is 0 Å². The largest absolute Gasteiger partial charge is 0.412 e. The predicted molar refractivity (Wildman–Crippen MR) is 32.5 cm³/mol. The van der Waals surface area contributed by atoms with E-state index in [0.29, 0.717) is 0 Å². The molecule has 0 bridgehead atoms. The van der Waals surface area contributed by atoms with E-state index >= 15 is 0 Å². The van der Waals surface area contributed by atoms with Crippen molar-refractivity contribution in [2.75, 3.05) is 0 Å². The molecule has 0 aliphatic heterocycles. The second kappa shape index (κ2) is 343. The van der Waals surface area contributed by atoms with E-state index in [4.69, 9.17) is 0 Å². The fraction of sp³-hybridized carbons (Fsp3) is 0. The van der Waals surface area contributed by atoms with E-state index in [1.54, 1.807) is 0 Å². The maximum absolute atomic E-state index is 0. The average molecular weight is 303 g/mol. The minimum atomic E-state index is 0. The van der Waals surface area contributed by atoms with Gasteiger partial charge in [0.15, 0.2) is 0 Å². The first kappa shape index (κ1) is 476. The fourth-order valence-electron chi connectivity index (χ4n) is 0. The first-order valence-electron chi connectivity index (χ1n) is 0. The van der Waals surface area contributed by atoms with E-state index in [1.165, 1.54) is 0 Å². The Kier molecular flexibility index (Phi) is 18200. The third-order valence-corrected chi connectivity index (χ3v) is 0. The molecule has 0 unspecified atom stereocenters. The summed E-state index contributed by atoms with van der Waals surface area (Å²) in [6, 6.07) is 0. The molecule has 0 aliphatic rings. The molecule has 0 heterocycles. The van der Waals surface area contributed by atoms with Gasteiger partial charge in [-0.25, -0.2) is 0 Å². The van der Waals surface area contributed by atoms with E-state index < -0.39 is 0 Å². The third kappa shape index (κ3) is 266. The van der Waals surface area contributed by atoms with E-state index in [0.717, 1.165) is 0 Å². The summed E-state index contributed by atoms with van der Waals surface area (Å²) in [4.78, 5) is 0. The minimum absolute atomic E-state index is 0. The first-order valence-corrected chi connectivity index (χ1v) is 0. The van der Waals surface area contributed by atoms with Gasteiger partial charge in [0.1, 0.15) is 0 Å². The van der Waals surface area contributed by atoms with Gasteiger partial charge in [-0.15, -0.1) is 12.4 Å². The SMILES string of the molecule is Cl.O.O.O.O.O.O.O.[Ce]. The molecule has 0 saturated heterocycles. The van der Waals surface area contributed by atoms with Crippen LogP contribution in [0.5, 0.6) is 0 Å².